The Labute approximate surface area is 196 Å². The highest BCUT2D eigenvalue weighted by molar-refractivity contribution is 5.95. The predicted molar refractivity (Wildman–Crippen MR) is 128 cm³/mol. The Morgan fingerprint density at radius 1 is 1.06 bits per heavy atom. The van der Waals surface area contributed by atoms with E-state index in [2.05, 4.69) is 15.2 Å². The fourth-order valence-corrected chi connectivity index (χ4v) is 4.49. The highest BCUT2D eigenvalue weighted by Crippen LogP contribution is 2.24. The Bertz CT molecular complexity index is 946. The van der Waals surface area contributed by atoms with Gasteiger partial charge in [-0.05, 0) is 69.4 Å². The molecule has 3 heterocycles. The number of carbonyl (C=O) groups excluding carboxylic acids is 2. The van der Waals surface area contributed by atoms with Gasteiger partial charge in [0.2, 0.25) is 5.91 Å². The number of carbonyl (C=O) groups is 2. The number of hydrogen-bond donors (Lipinski definition) is 1. The van der Waals surface area contributed by atoms with Gasteiger partial charge in [-0.2, -0.15) is 0 Å². The average molecular weight is 451 g/mol. The number of nitrogens with one attached hydrogen (secondary N) is 1. The summed E-state index contributed by atoms with van der Waals surface area (Å²) in [6, 6.07) is 11.6. The van der Waals surface area contributed by atoms with Crippen molar-refractivity contribution < 1.29 is 14.3 Å². The molecule has 0 saturated carbocycles. The summed E-state index contributed by atoms with van der Waals surface area (Å²) in [5.74, 6) is 1.85. The van der Waals surface area contributed by atoms with Crippen LogP contribution >= 0.6 is 0 Å². The van der Waals surface area contributed by atoms with Gasteiger partial charge in [-0.1, -0.05) is 12.1 Å². The molecular formula is C26H34N4O3. The first-order valence-electron chi connectivity index (χ1n) is 12.0. The maximum Gasteiger partial charge on any atom is 0.254 e. The van der Waals surface area contributed by atoms with Crippen LogP contribution < -0.4 is 15.0 Å². The van der Waals surface area contributed by atoms with Crippen molar-refractivity contribution in [2.75, 3.05) is 31.1 Å². The van der Waals surface area contributed by atoms with E-state index in [0.29, 0.717) is 12.1 Å². The van der Waals surface area contributed by atoms with E-state index in [1.807, 2.05) is 49.1 Å². The van der Waals surface area contributed by atoms with Crippen LogP contribution in [0.15, 0.2) is 42.6 Å². The number of nitrogens with zero attached hydrogens (tertiary/aromatic N) is 3. The van der Waals surface area contributed by atoms with E-state index >= 15 is 0 Å². The summed E-state index contributed by atoms with van der Waals surface area (Å²) in [4.78, 5) is 34.0. The van der Waals surface area contributed by atoms with Crippen molar-refractivity contribution in [1.29, 1.82) is 0 Å². The third kappa shape index (κ3) is 6.03. The number of pyridine rings is 1. The number of ether oxygens (including phenoxy) is 1. The van der Waals surface area contributed by atoms with Gasteiger partial charge in [-0.3, -0.25) is 9.59 Å². The van der Waals surface area contributed by atoms with Crippen molar-refractivity contribution in [3.8, 4) is 5.75 Å². The fraction of sp³-hybridized carbons (Fsp3) is 0.500. The largest absolute Gasteiger partial charge is 0.491 e. The van der Waals surface area contributed by atoms with Gasteiger partial charge < -0.3 is 19.9 Å². The number of hydrogen-bond acceptors (Lipinski definition) is 5. The number of aromatic nitrogens is 1. The van der Waals surface area contributed by atoms with Crippen LogP contribution in [0.2, 0.25) is 0 Å². The van der Waals surface area contributed by atoms with Crippen LogP contribution in [0.25, 0.3) is 0 Å². The molecule has 0 unspecified atom stereocenters. The van der Waals surface area contributed by atoms with Crippen molar-refractivity contribution >= 4 is 17.6 Å². The molecule has 0 radical (unpaired) electrons. The van der Waals surface area contributed by atoms with E-state index in [1.54, 1.807) is 12.3 Å². The van der Waals surface area contributed by atoms with E-state index in [-0.39, 0.29) is 23.8 Å². The van der Waals surface area contributed by atoms with Gasteiger partial charge >= 0.3 is 0 Å². The van der Waals surface area contributed by atoms with Crippen LogP contribution in [0.4, 0.5) is 5.82 Å². The molecule has 176 valence electrons. The Hall–Kier alpha value is -3.09. The molecule has 4 rings (SSSR count). The highest BCUT2D eigenvalue weighted by atomic mass is 16.5. The lowest BCUT2D eigenvalue weighted by Gasteiger charge is -2.32. The van der Waals surface area contributed by atoms with Crippen LogP contribution in [-0.2, 0) is 11.3 Å². The SMILES string of the molecule is CC(C)Oc1ccc(CNC(=O)C2CCN(c3cc(C(=O)N4CCCC4)ccn3)CC2)cc1. The molecule has 1 N–H and O–H groups in total. The lowest BCUT2D eigenvalue weighted by Crippen LogP contribution is -2.40. The molecule has 7 nitrogen and oxygen atoms in total. The molecule has 1 aromatic carbocycles. The molecule has 0 aliphatic carbocycles. The molecule has 7 heteroatoms. The van der Waals surface area contributed by atoms with E-state index in [0.717, 1.165) is 69.0 Å². The number of amides is 2. The first kappa shape index (κ1) is 23.1. The van der Waals surface area contributed by atoms with Crippen molar-refractivity contribution in [3.63, 3.8) is 0 Å². The molecule has 0 atom stereocenters. The zero-order valence-corrected chi connectivity index (χ0v) is 19.6. The summed E-state index contributed by atoms with van der Waals surface area (Å²) >= 11 is 0. The van der Waals surface area contributed by atoms with Crippen LogP contribution in [0.3, 0.4) is 0 Å². The van der Waals surface area contributed by atoms with Gasteiger partial charge in [-0.25, -0.2) is 4.98 Å². The fourth-order valence-electron chi connectivity index (χ4n) is 4.49. The van der Waals surface area contributed by atoms with E-state index in [1.165, 1.54) is 0 Å². The van der Waals surface area contributed by atoms with Gasteiger partial charge in [0, 0.05) is 50.4 Å². The normalized spacial score (nSPS) is 16.8. The number of anilines is 1. The Kier molecular flexibility index (Phi) is 7.47. The first-order chi connectivity index (χ1) is 16.0. The van der Waals surface area contributed by atoms with Gasteiger partial charge in [-0.15, -0.1) is 0 Å². The lowest BCUT2D eigenvalue weighted by molar-refractivity contribution is -0.125. The smallest absolute Gasteiger partial charge is 0.254 e. The summed E-state index contributed by atoms with van der Waals surface area (Å²) in [5, 5.41) is 3.07. The number of benzene rings is 1. The van der Waals surface area contributed by atoms with Gasteiger partial charge in [0.15, 0.2) is 0 Å². The molecule has 2 saturated heterocycles. The minimum atomic E-state index is -0.000730. The van der Waals surface area contributed by atoms with Gasteiger partial charge in [0.1, 0.15) is 11.6 Å². The van der Waals surface area contributed by atoms with E-state index in [9.17, 15) is 9.59 Å². The van der Waals surface area contributed by atoms with Crippen molar-refractivity contribution in [3.05, 3.63) is 53.7 Å². The Morgan fingerprint density at radius 3 is 2.42 bits per heavy atom. The van der Waals surface area contributed by atoms with Crippen molar-refractivity contribution in [2.24, 2.45) is 5.92 Å². The third-order valence-electron chi connectivity index (χ3n) is 6.34. The van der Waals surface area contributed by atoms with Crippen LogP contribution in [0.1, 0.15) is 55.5 Å². The molecule has 2 aliphatic heterocycles. The molecule has 2 fully saturated rings. The minimum Gasteiger partial charge on any atom is -0.491 e. The second-order valence-corrected chi connectivity index (χ2v) is 9.19. The van der Waals surface area contributed by atoms with Crippen LogP contribution in [0.5, 0.6) is 5.75 Å². The van der Waals surface area contributed by atoms with E-state index in [4.69, 9.17) is 4.74 Å². The molecule has 1 aromatic heterocycles. The topological polar surface area (TPSA) is 74.8 Å². The Balaban J connectivity index is 1.26. The molecule has 2 aromatic rings. The molecule has 0 spiro atoms. The zero-order chi connectivity index (χ0) is 23.2. The summed E-state index contributed by atoms with van der Waals surface area (Å²) in [6.45, 7) is 7.71. The molecule has 33 heavy (non-hydrogen) atoms. The first-order valence-corrected chi connectivity index (χ1v) is 12.0. The standard InChI is InChI=1S/C26H34N4O3/c1-19(2)33-23-7-5-20(6-8-23)18-28-25(31)21-10-15-29(16-11-21)24-17-22(9-12-27-24)26(32)30-13-3-4-14-30/h5-9,12,17,19,21H,3-4,10-11,13-16,18H2,1-2H3,(H,28,31). The maximum atomic E-state index is 12.7. The summed E-state index contributed by atoms with van der Waals surface area (Å²) in [5.41, 5.74) is 1.76. The van der Waals surface area contributed by atoms with Crippen molar-refractivity contribution in [2.45, 2.75) is 52.2 Å². The zero-order valence-electron chi connectivity index (χ0n) is 19.6. The quantitative estimate of drug-likeness (QED) is 0.697. The second kappa shape index (κ2) is 10.7. The lowest BCUT2D eigenvalue weighted by atomic mass is 9.95. The number of rotatable bonds is 7. The average Bonchev–Trinajstić information content (AvgIpc) is 3.38. The minimum absolute atomic E-state index is 0.000730. The third-order valence-corrected chi connectivity index (χ3v) is 6.34. The van der Waals surface area contributed by atoms with E-state index < -0.39 is 0 Å². The monoisotopic (exact) mass is 450 g/mol. The molecule has 2 amide bonds. The van der Waals surface area contributed by atoms with Crippen molar-refractivity contribution in [1.82, 2.24) is 15.2 Å². The molecular weight excluding hydrogens is 416 g/mol. The molecule has 2 aliphatic rings. The number of likely N-dealkylation sites (tertiary alicyclic amines) is 1. The highest BCUT2D eigenvalue weighted by Gasteiger charge is 2.26. The summed E-state index contributed by atoms with van der Waals surface area (Å²) < 4.78 is 5.66. The predicted octanol–water partition coefficient (Wildman–Crippen LogP) is 3.64. The van der Waals surface area contributed by atoms with Gasteiger partial charge in [0.25, 0.3) is 5.91 Å². The summed E-state index contributed by atoms with van der Waals surface area (Å²) in [6.07, 6.45) is 5.57. The van der Waals surface area contributed by atoms with Crippen LogP contribution in [0, 0.1) is 5.92 Å². The summed E-state index contributed by atoms with van der Waals surface area (Å²) in [7, 11) is 0. The Morgan fingerprint density at radius 2 is 1.76 bits per heavy atom. The maximum absolute atomic E-state index is 12.7. The van der Waals surface area contributed by atoms with Crippen LogP contribution in [-0.4, -0.2) is 54.0 Å². The number of piperidine rings is 1. The second-order valence-electron chi connectivity index (χ2n) is 9.19. The van der Waals surface area contributed by atoms with Gasteiger partial charge in [0.05, 0.1) is 6.10 Å². The molecule has 0 bridgehead atoms.